The monoisotopic (exact) mass is 393 g/mol. The van der Waals surface area contributed by atoms with Crippen LogP contribution in [-0.2, 0) is 11.0 Å². The van der Waals surface area contributed by atoms with E-state index in [1.165, 1.54) is 19.9 Å². The van der Waals surface area contributed by atoms with Crippen molar-refractivity contribution in [2.24, 2.45) is 0 Å². The van der Waals surface area contributed by atoms with Crippen molar-refractivity contribution in [2.45, 2.75) is 20.0 Å². The number of halogens is 3. The van der Waals surface area contributed by atoms with Crippen LogP contribution in [0.1, 0.15) is 27.9 Å². The highest BCUT2D eigenvalue weighted by molar-refractivity contribution is 7.20. The Morgan fingerprint density at radius 1 is 1.07 bits per heavy atom. The number of nitrogens with one attached hydrogen (secondary N) is 2. The molecule has 0 bridgehead atoms. The van der Waals surface area contributed by atoms with Crippen molar-refractivity contribution in [1.82, 2.24) is 4.98 Å². The summed E-state index contributed by atoms with van der Waals surface area (Å²) in [7, 11) is 0. The number of carbonyl (C=O) groups is 2. The third-order valence-corrected chi connectivity index (χ3v) is 4.63. The molecule has 0 unspecified atom stereocenters. The van der Waals surface area contributed by atoms with E-state index in [9.17, 15) is 22.8 Å². The minimum atomic E-state index is -4.53. The molecular formula is C18H14F3N3O2S. The number of fused-ring (bicyclic) bond motifs is 1. The minimum absolute atomic E-state index is 0.102. The molecule has 5 nitrogen and oxygen atoms in total. The van der Waals surface area contributed by atoms with Gasteiger partial charge in [-0.05, 0) is 37.3 Å². The Balaban J connectivity index is 1.92. The van der Waals surface area contributed by atoms with Crippen LogP contribution in [-0.4, -0.2) is 16.8 Å². The number of benzene rings is 1. The van der Waals surface area contributed by atoms with E-state index in [0.29, 0.717) is 11.4 Å². The molecule has 2 heterocycles. The quantitative estimate of drug-likeness (QED) is 0.669. The van der Waals surface area contributed by atoms with Gasteiger partial charge in [0.2, 0.25) is 5.91 Å². The van der Waals surface area contributed by atoms with Crippen LogP contribution in [0.3, 0.4) is 0 Å². The number of nitrogens with zero attached hydrogens (tertiary/aromatic N) is 1. The molecule has 27 heavy (non-hydrogen) atoms. The number of amides is 2. The van der Waals surface area contributed by atoms with E-state index in [2.05, 4.69) is 15.6 Å². The molecule has 0 aliphatic heterocycles. The average molecular weight is 393 g/mol. The second-order valence-corrected chi connectivity index (χ2v) is 6.89. The third kappa shape index (κ3) is 4.25. The van der Waals surface area contributed by atoms with Gasteiger partial charge in [-0.1, -0.05) is 6.07 Å². The summed E-state index contributed by atoms with van der Waals surface area (Å²) >= 11 is 0.891. The number of aryl methyl sites for hydroxylation is 1. The standard InChI is InChI=1S/C18H14F3N3O2S/c1-9-6-14(18(19,20)21)13-8-15(27-17(13)22-9)16(26)24-12-5-3-4-11(7-12)23-10(2)25/h3-8H,1-2H3,(H,23,25)(H,24,26). The van der Waals surface area contributed by atoms with E-state index >= 15 is 0 Å². The molecule has 0 saturated heterocycles. The predicted molar refractivity (Wildman–Crippen MR) is 98.1 cm³/mol. The Hall–Kier alpha value is -2.94. The maximum absolute atomic E-state index is 13.2. The maximum atomic E-state index is 13.2. The summed E-state index contributed by atoms with van der Waals surface area (Å²) in [6.45, 7) is 2.83. The molecule has 2 aromatic heterocycles. The highest BCUT2D eigenvalue weighted by Gasteiger charge is 2.34. The van der Waals surface area contributed by atoms with Gasteiger partial charge in [-0.25, -0.2) is 4.98 Å². The van der Waals surface area contributed by atoms with Gasteiger partial charge in [0.15, 0.2) is 0 Å². The van der Waals surface area contributed by atoms with Crippen molar-refractivity contribution in [2.75, 3.05) is 10.6 Å². The average Bonchev–Trinajstić information content (AvgIpc) is 2.96. The number of alkyl halides is 3. The lowest BCUT2D eigenvalue weighted by Gasteiger charge is -2.08. The van der Waals surface area contributed by atoms with Crippen LogP contribution in [0, 0.1) is 6.92 Å². The first kappa shape index (κ1) is 18.8. The molecule has 2 N–H and O–H groups in total. The molecule has 2 amide bonds. The lowest BCUT2D eigenvalue weighted by Crippen LogP contribution is -2.11. The fraction of sp³-hybridized carbons (Fsp3) is 0.167. The van der Waals surface area contributed by atoms with Gasteiger partial charge in [0.05, 0.1) is 10.4 Å². The number of thiophene rings is 1. The van der Waals surface area contributed by atoms with Crippen molar-refractivity contribution < 1.29 is 22.8 Å². The van der Waals surface area contributed by atoms with Crippen molar-refractivity contribution >= 4 is 44.7 Å². The summed E-state index contributed by atoms with van der Waals surface area (Å²) < 4.78 is 39.7. The summed E-state index contributed by atoms with van der Waals surface area (Å²) in [5.41, 5.74) is 0.316. The van der Waals surface area contributed by atoms with Gasteiger partial charge in [0.25, 0.3) is 5.91 Å². The van der Waals surface area contributed by atoms with Gasteiger partial charge in [-0.3, -0.25) is 9.59 Å². The Morgan fingerprint density at radius 3 is 2.37 bits per heavy atom. The molecule has 0 fully saturated rings. The first-order chi connectivity index (χ1) is 12.6. The topological polar surface area (TPSA) is 71.1 Å². The van der Waals surface area contributed by atoms with Crippen LogP contribution in [0.4, 0.5) is 24.5 Å². The normalized spacial score (nSPS) is 11.4. The molecule has 3 rings (SSSR count). The summed E-state index contributed by atoms with van der Waals surface area (Å²) in [6.07, 6.45) is -4.53. The highest BCUT2D eigenvalue weighted by Crippen LogP contribution is 2.38. The third-order valence-electron chi connectivity index (χ3n) is 3.60. The summed E-state index contributed by atoms with van der Waals surface area (Å²) in [5.74, 6) is -0.812. The molecular weight excluding hydrogens is 379 g/mol. The number of rotatable bonds is 3. The fourth-order valence-electron chi connectivity index (χ4n) is 2.55. The molecule has 0 spiro atoms. The number of anilines is 2. The largest absolute Gasteiger partial charge is 0.417 e. The van der Waals surface area contributed by atoms with Crippen molar-refractivity contribution in [3.8, 4) is 0 Å². The summed E-state index contributed by atoms with van der Waals surface area (Å²) in [6, 6.07) is 8.61. The molecule has 9 heteroatoms. The van der Waals surface area contributed by atoms with E-state index in [-0.39, 0.29) is 26.7 Å². The molecule has 0 radical (unpaired) electrons. The SMILES string of the molecule is CC(=O)Nc1cccc(NC(=O)c2cc3c(C(F)(F)F)cc(C)nc3s2)c1. The van der Waals surface area contributed by atoms with Gasteiger partial charge >= 0.3 is 6.18 Å². The number of carbonyl (C=O) groups excluding carboxylic acids is 2. The molecule has 0 atom stereocenters. The Labute approximate surface area is 156 Å². The van der Waals surface area contributed by atoms with Crippen LogP contribution in [0.15, 0.2) is 36.4 Å². The van der Waals surface area contributed by atoms with E-state index in [4.69, 9.17) is 0 Å². The second kappa shape index (κ2) is 6.99. The van der Waals surface area contributed by atoms with E-state index < -0.39 is 17.6 Å². The van der Waals surface area contributed by atoms with Crippen molar-refractivity contribution in [1.29, 1.82) is 0 Å². The van der Waals surface area contributed by atoms with Gasteiger partial charge in [0.1, 0.15) is 4.83 Å². The lowest BCUT2D eigenvalue weighted by molar-refractivity contribution is -0.136. The zero-order valence-corrected chi connectivity index (χ0v) is 15.1. The number of pyridine rings is 1. The fourth-order valence-corrected chi connectivity index (χ4v) is 3.55. The number of hydrogen-bond acceptors (Lipinski definition) is 4. The van der Waals surface area contributed by atoms with Crippen LogP contribution in [0.25, 0.3) is 10.2 Å². The van der Waals surface area contributed by atoms with Gasteiger partial charge in [-0.15, -0.1) is 11.3 Å². The maximum Gasteiger partial charge on any atom is 0.417 e. The van der Waals surface area contributed by atoms with Gasteiger partial charge in [-0.2, -0.15) is 13.2 Å². The number of aromatic nitrogens is 1. The van der Waals surface area contributed by atoms with Crippen molar-refractivity contribution in [3.05, 3.63) is 52.5 Å². The molecule has 3 aromatic rings. The molecule has 0 aliphatic carbocycles. The summed E-state index contributed by atoms with van der Waals surface area (Å²) in [5, 5.41) is 5.10. The van der Waals surface area contributed by atoms with Crippen molar-refractivity contribution in [3.63, 3.8) is 0 Å². The van der Waals surface area contributed by atoms with Crippen LogP contribution < -0.4 is 10.6 Å². The van der Waals surface area contributed by atoms with Crippen LogP contribution in [0.5, 0.6) is 0 Å². The Bertz CT molecular complexity index is 1040. The smallest absolute Gasteiger partial charge is 0.326 e. The molecule has 0 aliphatic rings. The highest BCUT2D eigenvalue weighted by atomic mass is 32.1. The second-order valence-electron chi connectivity index (χ2n) is 5.85. The zero-order valence-electron chi connectivity index (χ0n) is 14.3. The Morgan fingerprint density at radius 2 is 1.74 bits per heavy atom. The Kier molecular flexibility index (Phi) is 4.88. The van der Waals surface area contributed by atoms with E-state index in [1.807, 2.05) is 0 Å². The van der Waals surface area contributed by atoms with Gasteiger partial charge < -0.3 is 10.6 Å². The van der Waals surface area contributed by atoms with Gasteiger partial charge in [0, 0.05) is 29.4 Å². The first-order valence-electron chi connectivity index (χ1n) is 7.81. The molecule has 0 saturated carbocycles. The molecule has 1 aromatic carbocycles. The van der Waals surface area contributed by atoms with Crippen LogP contribution >= 0.6 is 11.3 Å². The van der Waals surface area contributed by atoms with Crippen LogP contribution in [0.2, 0.25) is 0 Å². The first-order valence-corrected chi connectivity index (χ1v) is 8.62. The minimum Gasteiger partial charge on any atom is -0.326 e. The number of hydrogen-bond donors (Lipinski definition) is 2. The molecule has 140 valence electrons. The predicted octanol–water partition coefficient (Wildman–Crippen LogP) is 4.83. The van der Waals surface area contributed by atoms with E-state index in [0.717, 1.165) is 17.4 Å². The summed E-state index contributed by atoms with van der Waals surface area (Å²) in [4.78, 5) is 27.9. The van der Waals surface area contributed by atoms with E-state index in [1.54, 1.807) is 24.3 Å². The zero-order chi connectivity index (χ0) is 19.8. The lowest BCUT2D eigenvalue weighted by atomic mass is 10.1.